The number of benzene rings is 3. The van der Waals surface area contributed by atoms with Crippen LogP contribution in [0, 0.1) is 0 Å². The Morgan fingerprint density at radius 1 is 0.829 bits per heavy atom. The molecule has 0 aliphatic carbocycles. The Morgan fingerprint density at radius 3 is 2.14 bits per heavy atom. The van der Waals surface area contributed by atoms with Crippen molar-refractivity contribution in [2.75, 3.05) is 26.6 Å². The second-order valence-corrected chi connectivity index (χ2v) is 8.63. The van der Waals surface area contributed by atoms with Gasteiger partial charge in [0, 0.05) is 39.7 Å². The summed E-state index contributed by atoms with van der Waals surface area (Å²) in [5.41, 5.74) is 4.61. The van der Waals surface area contributed by atoms with Gasteiger partial charge in [-0.2, -0.15) is 0 Å². The fraction of sp³-hybridized carbons (Fsp3) is 0.111. The van der Waals surface area contributed by atoms with E-state index in [1.807, 2.05) is 54.6 Å². The number of anilines is 2. The van der Waals surface area contributed by atoms with E-state index in [0.29, 0.717) is 23.1 Å². The van der Waals surface area contributed by atoms with Gasteiger partial charge in [-0.1, -0.05) is 46.3 Å². The van der Waals surface area contributed by atoms with Crippen LogP contribution in [0.15, 0.2) is 83.7 Å². The van der Waals surface area contributed by atoms with Crippen LogP contribution in [0.2, 0.25) is 0 Å². The summed E-state index contributed by atoms with van der Waals surface area (Å²) in [5.74, 6) is 2.30. The molecule has 5 rings (SSSR count). The van der Waals surface area contributed by atoms with Gasteiger partial charge in [0.25, 0.3) is 0 Å². The van der Waals surface area contributed by atoms with E-state index in [9.17, 15) is 0 Å². The van der Waals surface area contributed by atoms with Gasteiger partial charge in [-0.05, 0) is 29.8 Å². The van der Waals surface area contributed by atoms with Crippen molar-refractivity contribution in [2.45, 2.75) is 0 Å². The molecule has 2 heterocycles. The van der Waals surface area contributed by atoms with Crippen molar-refractivity contribution in [3.05, 3.63) is 83.7 Å². The third-order valence-electron chi connectivity index (χ3n) is 5.70. The molecule has 0 amide bonds. The minimum absolute atomic E-state index is 0.528. The van der Waals surface area contributed by atoms with Crippen molar-refractivity contribution in [3.8, 4) is 34.1 Å². The highest BCUT2D eigenvalue weighted by Gasteiger charge is 2.19. The minimum atomic E-state index is 0.528. The van der Waals surface area contributed by atoms with E-state index in [4.69, 9.17) is 14.2 Å². The molecule has 176 valence electrons. The predicted molar refractivity (Wildman–Crippen MR) is 141 cm³/mol. The van der Waals surface area contributed by atoms with Gasteiger partial charge >= 0.3 is 0 Å². The maximum absolute atomic E-state index is 5.52. The molecular formula is C27H23BrN4O3. The lowest BCUT2D eigenvalue weighted by molar-refractivity contribution is 0.324. The zero-order chi connectivity index (χ0) is 24.4. The highest BCUT2D eigenvalue weighted by atomic mass is 79.9. The number of hydrogen-bond donors (Lipinski definition) is 1. The summed E-state index contributed by atoms with van der Waals surface area (Å²) in [5, 5.41) is 4.34. The summed E-state index contributed by atoms with van der Waals surface area (Å²) in [6.07, 6.45) is 3.66. The first kappa shape index (κ1) is 22.7. The second kappa shape index (κ2) is 9.68. The van der Waals surface area contributed by atoms with Gasteiger partial charge < -0.3 is 24.1 Å². The molecule has 0 bridgehead atoms. The fourth-order valence-electron chi connectivity index (χ4n) is 4.08. The molecule has 7 nitrogen and oxygen atoms in total. The summed E-state index contributed by atoms with van der Waals surface area (Å²) in [4.78, 5) is 9.26. The van der Waals surface area contributed by atoms with Gasteiger partial charge in [-0.3, -0.25) is 0 Å². The molecule has 0 radical (unpaired) electrons. The molecule has 0 spiro atoms. The molecular weight excluding hydrogens is 508 g/mol. The van der Waals surface area contributed by atoms with Crippen LogP contribution in [0.25, 0.3) is 27.8 Å². The van der Waals surface area contributed by atoms with Crippen molar-refractivity contribution < 1.29 is 14.2 Å². The lowest BCUT2D eigenvalue weighted by atomic mass is 10.1. The molecule has 5 aromatic rings. The number of hydrogen-bond acceptors (Lipinski definition) is 6. The van der Waals surface area contributed by atoms with E-state index in [2.05, 4.69) is 54.1 Å². The number of aromatic nitrogens is 3. The van der Waals surface area contributed by atoms with E-state index in [-0.39, 0.29) is 0 Å². The summed E-state index contributed by atoms with van der Waals surface area (Å²) in [6, 6.07) is 22.0. The highest BCUT2D eigenvalue weighted by Crippen LogP contribution is 2.42. The molecule has 0 saturated carbocycles. The molecule has 1 N–H and O–H groups in total. The molecule has 0 unspecified atom stereocenters. The van der Waals surface area contributed by atoms with E-state index in [1.54, 1.807) is 27.7 Å². The zero-order valence-corrected chi connectivity index (χ0v) is 21.0. The number of nitrogens with zero attached hydrogens (tertiary/aromatic N) is 3. The summed E-state index contributed by atoms with van der Waals surface area (Å²) in [7, 11) is 4.77. The summed E-state index contributed by atoms with van der Waals surface area (Å²) >= 11 is 3.52. The molecule has 8 heteroatoms. The van der Waals surface area contributed by atoms with Crippen LogP contribution in [0.1, 0.15) is 0 Å². The number of fused-ring (bicyclic) bond motifs is 1. The van der Waals surface area contributed by atoms with E-state index < -0.39 is 0 Å². The maximum Gasteiger partial charge on any atom is 0.203 e. The Labute approximate surface area is 211 Å². The van der Waals surface area contributed by atoms with Crippen molar-refractivity contribution in [1.82, 2.24) is 14.5 Å². The van der Waals surface area contributed by atoms with E-state index >= 15 is 0 Å². The van der Waals surface area contributed by atoms with Crippen molar-refractivity contribution in [3.63, 3.8) is 0 Å². The van der Waals surface area contributed by atoms with Crippen LogP contribution in [0.5, 0.6) is 17.2 Å². The third kappa shape index (κ3) is 4.28. The van der Waals surface area contributed by atoms with Gasteiger partial charge in [0.05, 0.1) is 26.7 Å². The quantitative estimate of drug-likeness (QED) is 0.255. The van der Waals surface area contributed by atoms with Crippen molar-refractivity contribution >= 4 is 38.5 Å². The molecule has 0 fully saturated rings. The largest absolute Gasteiger partial charge is 0.493 e. The van der Waals surface area contributed by atoms with Gasteiger partial charge in [0.2, 0.25) is 5.75 Å². The number of rotatable bonds is 7. The van der Waals surface area contributed by atoms with Crippen LogP contribution in [-0.4, -0.2) is 35.9 Å². The first-order valence-electron chi connectivity index (χ1n) is 10.9. The van der Waals surface area contributed by atoms with Crippen LogP contribution in [0.4, 0.5) is 11.5 Å². The number of methoxy groups -OCH3 is 3. The van der Waals surface area contributed by atoms with Crippen LogP contribution < -0.4 is 19.5 Å². The number of ether oxygens (including phenoxy) is 3. The number of halogens is 1. The van der Waals surface area contributed by atoms with E-state index in [1.165, 1.54) is 0 Å². The molecule has 0 aliphatic rings. The summed E-state index contributed by atoms with van der Waals surface area (Å²) < 4.78 is 19.6. The monoisotopic (exact) mass is 530 g/mol. The second-order valence-electron chi connectivity index (χ2n) is 7.72. The average Bonchev–Trinajstić information content (AvgIpc) is 3.29. The van der Waals surface area contributed by atoms with Crippen molar-refractivity contribution in [1.29, 1.82) is 0 Å². The lowest BCUT2D eigenvalue weighted by Crippen LogP contribution is -2.00. The van der Waals surface area contributed by atoms with Gasteiger partial charge in [-0.25, -0.2) is 9.97 Å². The normalized spacial score (nSPS) is 10.9. The predicted octanol–water partition coefficient (Wildman–Crippen LogP) is 6.62. The Balaban J connectivity index is 1.71. The Hall–Kier alpha value is -4.04. The van der Waals surface area contributed by atoms with Gasteiger partial charge in [0.15, 0.2) is 17.1 Å². The Bertz CT molecular complexity index is 1460. The molecule has 35 heavy (non-hydrogen) atoms. The first-order chi connectivity index (χ1) is 17.1. The van der Waals surface area contributed by atoms with E-state index in [0.717, 1.165) is 38.0 Å². The lowest BCUT2D eigenvalue weighted by Gasteiger charge is -2.15. The Morgan fingerprint density at radius 2 is 1.51 bits per heavy atom. The van der Waals surface area contributed by atoms with Gasteiger partial charge in [-0.15, -0.1) is 0 Å². The molecule has 0 aliphatic heterocycles. The average molecular weight is 531 g/mol. The topological polar surface area (TPSA) is 70.4 Å². The summed E-state index contributed by atoms with van der Waals surface area (Å²) in [6.45, 7) is 0. The SMILES string of the molecule is COc1cc(Nc2ncnc3c2c(-c2ccccc2)cn3-c2ccc(Br)cc2)cc(OC)c1OC. The van der Waals surface area contributed by atoms with Crippen molar-refractivity contribution in [2.24, 2.45) is 0 Å². The smallest absolute Gasteiger partial charge is 0.203 e. The Kier molecular flexibility index (Phi) is 6.29. The molecule has 0 saturated heterocycles. The molecule has 3 aromatic carbocycles. The standard InChI is InChI=1S/C27H23BrN4O3/c1-33-22-13-19(14-23(34-2)25(22)35-3)31-26-24-21(17-7-5-4-6-8-17)15-32(27(24)30-16-29-26)20-11-9-18(28)10-12-20/h4-16H,1-3H3,(H,29,30,31). The maximum atomic E-state index is 5.52. The van der Waals surface area contributed by atoms with Crippen LogP contribution >= 0.6 is 15.9 Å². The number of nitrogens with one attached hydrogen (secondary N) is 1. The zero-order valence-electron chi connectivity index (χ0n) is 19.4. The molecule has 2 aromatic heterocycles. The van der Waals surface area contributed by atoms with Crippen LogP contribution in [-0.2, 0) is 0 Å². The third-order valence-corrected chi connectivity index (χ3v) is 6.23. The van der Waals surface area contributed by atoms with Gasteiger partial charge in [0.1, 0.15) is 12.1 Å². The minimum Gasteiger partial charge on any atom is -0.493 e. The highest BCUT2D eigenvalue weighted by molar-refractivity contribution is 9.10. The fourth-order valence-corrected chi connectivity index (χ4v) is 4.35. The molecule has 0 atom stereocenters. The van der Waals surface area contributed by atoms with Crippen LogP contribution in [0.3, 0.4) is 0 Å². The first-order valence-corrected chi connectivity index (χ1v) is 11.7.